The molecule has 0 fully saturated rings. The smallest absolute Gasteiger partial charge is 0.319 e. The number of ether oxygens (including phenoxy) is 1. The monoisotopic (exact) mass is 355 g/mol. The van der Waals surface area contributed by atoms with Gasteiger partial charge in [0.1, 0.15) is 12.4 Å². The van der Waals surface area contributed by atoms with Gasteiger partial charge >= 0.3 is 6.03 Å². The molecule has 0 aromatic heterocycles. The van der Waals surface area contributed by atoms with Crippen molar-refractivity contribution in [1.82, 2.24) is 10.6 Å². The van der Waals surface area contributed by atoms with Gasteiger partial charge in [0.15, 0.2) is 0 Å². The molecule has 3 N–H and O–H groups in total. The Hall–Kier alpha value is -3.02. The first-order chi connectivity index (χ1) is 12.5. The standard InChI is InChI=1S/C20H25N3O3/c1-14(2)22-20(25)23-18-7-5-4-6-17(18)19(24)21-12-13-26-16-10-8-15(3)9-11-16/h4-11,14H,12-13H2,1-3H3,(H,21,24)(H2,22,23,25). The Morgan fingerprint density at radius 2 is 1.73 bits per heavy atom. The zero-order chi connectivity index (χ0) is 18.9. The summed E-state index contributed by atoms with van der Waals surface area (Å²) in [5.74, 6) is 0.496. The van der Waals surface area contributed by atoms with Crippen LogP contribution < -0.4 is 20.7 Å². The molecule has 0 radical (unpaired) electrons. The second kappa shape index (κ2) is 9.46. The van der Waals surface area contributed by atoms with Crippen LogP contribution in [-0.2, 0) is 0 Å². The van der Waals surface area contributed by atoms with E-state index in [-0.39, 0.29) is 18.0 Å². The van der Waals surface area contributed by atoms with Crippen molar-refractivity contribution in [3.05, 3.63) is 59.7 Å². The fraction of sp³-hybridized carbons (Fsp3) is 0.300. The highest BCUT2D eigenvalue weighted by Gasteiger charge is 2.13. The van der Waals surface area contributed by atoms with E-state index in [1.54, 1.807) is 24.3 Å². The molecule has 0 heterocycles. The minimum atomic E-state index is -0.344. The highest BCUT2D eigenvalue weighted by Crippen LogP contribution is 2.15. The SMILES string of the molecule is Cc1ccc(OCCNC(=O)c2ccccc2NC(=O)NC(C)C)cc1. The fourth-order valence-electron chi connectivity index (χ4n) is 2.27. The molecule has 0 aliphatic heterocycles. The van der Waals surface area contributed by atoms with Crippen molar-refractivity contribution in [2.24, 2.45) is 0 Å². The topological polar surface area (TPSA) is 79.5 Å². The van der Waals surface area contributed by atoms with Crippen LogP contribution in [0.15, 0.2) is 48.5 Å². The van der Waals surface area contributed by atoms with E-state index in [9.17, 15) is 9.59 Å². The van der Waals surface area contributed by atoms with E-state index in [0.29, 0.717) is 24.4 Å². The number of amides is 3. The van der Waals surface area contributed by atoms with Crippen LogP contribution in [-0.4, -0.2) is 31.1 Å². The van der Waals surface area contributed by atoms with Crippen molar-refractivity contribution >= 4 is 17.6 Å². The number of aryl methyl sites for hydroxylation is 1. The van der Waals surface area contributed by atoms with Crippen LogP contribution in [0.1, 0.15) is 29.8 Å². The van der Waals surface area contributed by atoms with E-state index < -0.39 is 0 Å². The molecule has 0 aliphatic carbocycles. The van der Waals surface area contributed by atoms with Crippen LogP contribution in [0.5, 0.6) is 5.75 Å². The van der Waals surface area contributed by atoms with Crippen LogP contribution in [0.4, 0.5) is 10.5 Å². The maximum absolute atomic E-state index is 12.4. The Morgan fingerprint density at radius 3 is 2.42 bits per heavy atom. The predicted octanol–water partition coefficient (Wildman–Crippen LogP) is 3.33. The van der Waals surface area contributed by atoms with E-state index >= 15 is 0 Å². The third-order valence-corrected chi connectivity index (χ3v) is 3.52. The van der Waals surface area contributed by atoms with Gasteiger partial charge in [-0.15, -0.1) is 0 Å². The zero-order valence-corrected chi connectivity index (χ0v) is 15.3. The number of rotatable bonds is 7. The Kier molecular flexibility index (Phi) is 7.02. The molecule has 6 heteroatoms. The van der Waals surface area contributed by atoms with Gasteiger partial charge in [-0.1, -0.05) is 29.8 Å². The van der Waals surface area contributed by atoms with Crippen molar-refractivity contribution in [3.8, 4) is 5.75 Å². The molecule has 0 saturated heterocycles. The molecule has 0 saturated carbocycles. The quantitative estimate of drug-likeness (QED) is 0.667. The van der Waals surface area contributed by atoms with E-state index in [4.69, 9.17) is 4.74 Å². The van der Waals surface area contributed by atoms with E-state index in [1.165, 1.54) is 0 Å². The summed E-state index contributed by atoms with van der Waals surface area (Å²) >= 11 is 0. The van der Waals surface area contributed by atoms with Crippen LogP contribution in [0.2, 0.25) is 0 Å². The molecule has 138 valence electrons. The predicted molar refractivity (Wildman–Crippen MR) is 103 cm³/mol. The zero-order valence-electron chi connectivity index (χ0n) is 15.3. The van der Waals surface area contributed by atoms with Gasteiger partial charge in [-0.2, -0.15) is 0 Å². The Labute approximate surface area is 153 Å². The van der Waals surface area contributed by atoms with Crippen LogP contribution >= 0.6 is 0 Å². The summed E-state index contributed by atoms with van der Waals surface area (Å²) in [5.41, 5.74) is 2.03. The highest BCUT2D eigenvalue weighted by molar-refractivity contribution is 6.03. The molecule has 2 aromatic rings. The van der Waals surface area contributed by atoms with Crippen molar-refractivity contribution < 1.29 is 14.3 Å². The summed E-state index contributed by atoms with van der Waals surface area (Å²) in [5, 5.41) is 8.23. The average Bonchev–Trinajstić information content (AvgIpc) is 2.60. The number of carbonyl (C=O) groups excluding carboxylic acids is 2. The number of carbonyl (C=O) groups is 2. The van der Waals surface area contributed by atoms with Gasteiger partial charge < -0.3 is 20.7 Å². The number of hydrogen-bond acceptors (Lipinski definition) is 3. The van der Waals surface area contributed by atoms with Gasteiger partial charge in [-0.3, -0.25) is 4.79 Å². The Balaban J connectivity index is 1.86. The molecule has 0 unspecified atom stereocenters. The molecule has 0 aliphatic rings. The molecule has 2 aromatic carbocycles. The summed E-state index contributed by atoms with van der Waals surface area (Å²) in [4.78, 5) is 24.3. The lowest BCUT2D eigenvalue weighted by molar-refractivity contribution is 0.0948. The number of benzene rings is 2. The largest absolute Gasteiger partial charge is 0.492 e. The summed E-state index contributed by atoms with van der Waals surface area (Å²) in [6.45, 7) is 6.47. The van der Waals surface area contributed by atoms with Crippen molar-refractivity contribution in [1.29, 1.82) is 0 Å². The highest BCUT2D eigenvalue weighted by atomic mass is 16.5. The summed E-state index contributed by atoms with van der Waals surface area (Å²) in [7, 11) is 0. The molecule has 3 amide bonds. The van der Waals surface area contributed by atoms with Gasteiger partial charge in [0, 0.05) is 6.04 Å². The lowest BCUT2D eigenvalue weighted by Gasteiger charge is -2.13. The van der Waals surface area contributed by atoms with E-state index in [2.05, 4.69) is 16.0 Å². The van der Waals surface area contributed by atoms with E-state index in [1.807, 2.05) is 45.0 Å². The first-order valence-electron chi connectivity index (χ1n) is 8.60. The number of para-hydroxylation sites is 1. The molecule has 26 heavy (non-hydrogen) atoms. The summed E-state index contributed by atoms with van der Waals surface area (Å²) in [6.07, 6.45) is 0. The van der Waals surface area contributed by atoms with Gasteiger partial charge in [-0.25, -0.2) is 4.79 Å². The Morgan fingerprint density at radius 1 is 1.04 bits per heavy atom. The van der Waals surface area contributed by atoms with Crippen molar-refractivity contribution in [2.45, 2.75) is 26.8 Å². The van der Waals surface area contributed by atoms with Crippen LogP contribution in [0, 0.1) is 6.92 Å². The van der Waals surface area contributed by atoms with Crippen molar-refractivity contribution in [2.75, 3.05) is 18.5 Å². The van der Waals surface area contributed by atoms with Gasteiger partial charge in [0.05, 0.1) is 17.8 Å². The molecular weight excluding hydrogens is 330 g/mol. The lowest BCUT2D eigenvalue weighted by atomic mass is 10.1. The van der Waals surface area contributed by atoms with Gasteiger partial charge in [0.2, 0.25) is 0 Å². The number of anilines is 1. The van der Waals surface area contributed by atoms with Crippen molar-refractivity contribution in [3.63, 3.8) is 0 Å². The normalized spacial score (nSPS) is 10.3. The minimum absolute atomic E-state index is 0.00918. The maximum atomic E-state index is 12.4. The molecule has 0 spiro atoms. The third kappa shape index (κ3) is 6.12. The number of hydrogen-bond donors (Lipinski definition) is 3. The van der Waals surface area contributed by atoms with E-state index in [0.717, 1.165) is 11.3 Å². The van der Waals surface area contributed by atoms with Gasteiger partial charge in [-0.05, 0) is 45.0 Å². The molecule has 2 rings (SSSR count). The second-order valence-electron chi connectivity index (χ2n) is 6.22. The molecular formula is C20H25N3O3. The minimum Gasteiger partial charge on any atom is -0.492 e. The first kappa shape index (κ1) is 19.3. The lowest BCUT2D eigenvalue weighted by Crippen LogP contribution is -2.35. The van der Waals surface area contributed by atoms with Crippen LogP contribution in [0.25, 0.3) is 0 Å². The summed E-state index contributed by atoms with van der Waals surface area (Å²) < 4.78 is 5.59. The third-order valence-electron chi connectivity index (χ3n) is 3.52. The second-order valence-corrected chi connectivity index (χ2v) is 6.22. The summed E-state index contributed by atoms with van der Waals surface area (Å²) in [6, 6.07) is 14.3. The molecule has 6 nitrogen and oxygen atoms in total. The maximum Gasteiger partial charge on any atom is 0.319 e. The number of nitrogens with one attached hydrogen (secondary N) is 3. The molecule has 0 bridgehead atoms. The number of urea groups is 1. The first-order valence-corrected chi connectivity index (χ1v) is 8.60. The molecule has 0 atom stereocenters. The van der Waals surface area contributed by atoms with Crippen LogP contribution in [0.3, 0.4) is 0 Å². The average molecular weight is 355 g/mol. The Bertz CT molecular complexity index is 742. The fourth-order valence-corrected chi connectivity index (χ4v) is 2.27. The van der Waals surface area contributed by atoms with Gasteiger partial charge in [0.25, 0.3) is 5.91 Å².